The van der Waals surface area contributed by atoms with Crippen LogP contribution in [0.2, 0.25) is 0 Å². The summed E-state index contributed by atoms with van der Waals surface area (Å²) < 4.78 is 5.46. The summed E-state index contributed by atoms with van der Waals surface area (Å²) in [4.78, 5) is 28.4. The third-order valence-corrected chi connectivity index (χ3v) is 3.73. The van der Waals surface area contributed by atoms with E-state index in [-0.39, 0.29) is 5.92 Å². The zero-order valence-corrected chi connectivity index (χ0v) is 13.2. The summed E-state index contributed by atoms with van der Waals surface area (Å²) in [6.45, 7) is 6.42. The molecule has 0 aliphatic carbocycles. The smallest absolute Gasteiger partial charge is 0.308 e. The number of hydrogen-bond acceptors (Lipinski definition) is 4. The van der Waals surface area contributed by atoms with Crippen molar-refractivity contribution >= 4 is 12.4 Å². The predicted octanol–water partition coefficient (Wildman–Crippen LogP) is 2.43. The zero-order valence-electron chi connectivity index (χ0n) is 13.2. The molecule has 0 aromatic carbocycles. The maximum Gasteiger partial charge on any atom is 0.308 e. The van der Waals surface area contributed by atoms with Crippen molar-refractivity contribution < 1.29 is 24.3 Å². The Balaban J connectivity index is 2.75. The van der Waals surface area contributed by atoms with E-state index in [4.69, 9.17) is 9.57 Å². The first-order chi connectivity index (χ1) is 9.99. The Labute approximate surface area is 126 Å². The van der Waals surface area contributed by atoms with Gasteiger partial charge in [-0.05, 0) is 31.6 Å². The van der Waals surface area contributed by atoms with E-state index in [2.05, 4.69) is 0 Å². The lowest BCUT2D eigenvalue weighted by Gasteiger charge is -2.35. The fourth-order valence-corrected chi connectivity index (χ4v) is 2.68. The van der Waals surface area contributed by atoms with Gasteiger partial charge in [0.1, 0.15) is 0 Å². The van der Waals surface area contributed by atoms with Gasteiger partial charge in [-0.3, -0.25) is 9.59 Å². The molecule has 3 atom stereocenters. The number of rotatable bonds is 9. The highest BCUT2D eigenvalue weighted by Crippen LogP contribution is 2.24. The largest absolute Gasteiger partial charge is 0.481 e. The fraction of sp³-hybridized carbons (Fsp3) is 0.867. The Morgan fingerprint density at radius 2 is 2.19 bits per heavy atom. The standard InChI is InChI=1S/C15H27NO5/c1-4-13(12(15(18)19)9-11(2)3)16(10-17)21-14-7-5-6-8-20-14/h10-14H,4-9H2,1-3H3,(H,18,19). The van der Waals surface area contributed by atoms with Gasteiger partial charge >= 0.3 is 5.97 Å². The Morgan fingerprint density at radius 1 is 1.48 bits per heavy atom. The van der Waals surface area contributed by atoms with Crippen LogP contribution in [0.1, 0.15) is 52.9 Å². The third-order valence-electron chi connectivity index (χ3n) is 3.73. The first kappa shape index (κ1) is 17.9. The van der Waals surface area contributed by atoms with E-state index in [1.54, 1.807) is 0 Å². The van der Waals surface area contributed by atoms with Crippen LogP contribution < -0.4 is 0 Å². The summed E-state index contributed by atoms with van der Waals surface area (Å²) in [7, 11) is 0. The molecule has 0 aromatic heterocycles. The molecule has 0 bridgehead atoms. The summed E-state index contributed by atoms with van der Waals surface area (Å²) in [5, 5.41) is 10.6. The number of hydrogen-bond donors (Lipinski definition) is 1. The number of carboxylic acid groups (broad SMARTS) is 1. The van der Waals surface area contributed by atoms with Gasteiger partial charge in [0, 0.05) is 13.0 Å². The number of hydroxylamine groups is 2. The lowest BCUT2D eigenvalue weighted by molar-refractivity contribution is -0.290. The number of ether oxygens (including phenoxy) is 1. The highest BCUT2D eigenvalue weighted by Gasteiger charge is 2.34. The van der Waals surface area contributed by atoms with Gasteiger partial charge in [-0.2, -0.15) is 0 Å². The molecule has 1 aliphatic heterocycles. The van der Waals surface area contributed by atoms with E-state index in [0.717, 1.165) is 24.3 Å². The molecule has 1 heterocycles. The van der Waals surface area contributed by atoms with Crippen molar-refractivity contribution in [1.82, 2.24) is 5.06 Å². The molecule has 1 aliphatic rings. The summed E-state index contributed by atoms with van der Waals surface area (Å²) in [5.74, 6) is -1.29. The third kappa shape index (κ3) is 5.63. The highest BCUT2D eigenvalue weighted by atomic mass is 16.8. The molecule has 1 amide bonds. The van der Waals surface area contributed by atoms with Gasteiger partial charge in [-0.1, -0.05) is 20.8 Å². The highest BCUT2D eigenvalue weighted by molar-refractivity contribution is 5.71. The van der Waals surface area contributed by atoms with Gasteiger partial charge in [-0.15, -0.1) is 0 Å². The van der Waals surface area contributed by atoms with Gasteiger partial charge in [0.25, 0.3) is 0 Å². The number of amides is 1. The van der Waals surface area contributed by atoms with Gasteiger partial charge in [-0.25, -0.2) is 9.90 Å². The summed E-state index contributed by atoms with van der Waals surface area (Å²) >= 11 is 0. The minimum atomic E-state index is -0.893. The molecule has 0 aromatic rings. The van der Waals surface area contributed by atoms with Crippen molar-refractivity contribution in [2.75, 3.05) is 6.61 Å². The van der Waals surface area contributed by atoms with Crippen LogP contribution in [0.25, 0.3) is 0 Å². The van der Waals surface area contributed by atoms with Gasteiger partial charge in [0.2, 0.25) is 6.41 Å². The minimum absolute atomic E-state index is 0.236. The molecule has 0 spiro atoms. The van der Waals surface area contributed by atoms with Crippen LogP contribution in [0.3, 0.4) is 0 Å². The first-order valence-electron chi connectivity index (χ1n) is 7.74. The number of nitrogens with zero attached hydrogens (tertiary/aromatic N) is 1. The monoisotopic (exact) mass is 301 g/mol. The van der Waals surface area contributed by atoms with Crippen molar-refractivity contribution in [3.8, 4) is 0 Å². The molecule has 122 valence electrons. The maximum atomic E-state index is 11.5. The van der Waals surface area contributed by atoms with Crippen molar-refractivity contribution in [3.63, 3.8) is 0 Å². The molecule has 21 heavy (non-hydrogen) atoms. The average Bonchev–Trinajstić information content (AvgIpc) is 2.46. The second-order valence-corrected chi connectivity index (χ2v) is 5.92. The number of aliphatic carboxylic acids is 1. The first-order valence-corrected chi connectivity index (χ1v) is 7.74. The summed E-state index contributed by atoms with van der Waals surface area (Å²) in [6.07, 6.45) is 3.85. The van der Waals surface area contributed by atoms with Gasteiger partial charge in [0.05, 0.1) is 12.0 Å². The topological polar surface area (TPSA) is 76.1 Å². The molecular formula is C15H27NO5. The van der Waals surface area contributed by atoms with Crippen LogP contribution in [0.4, 0.5) is 0 Å². The van der Waals surface area contributed by atoms with E-state index in [9.17, 15) is 14.7 Å². The molecule has 1 saturated heterocycles. The zero-order chi connectivity index (χ0) is 15.8. The molecule has 6 nitrogen and oxygen atoms in total. The second-order valence-electron chi connectivity index (χ2n) is 5.92. The van der Waals surface area contributed by atoms with Crippen LogP contribution in [0, 0.1) is 11.8 Å². The summed E-state index contributed by atoms with van der Waals surface area (Å²) in [6, 6.07) is -0.479. The van der Waals surface area contributed by atoms with Crippen LogP contribution in [0.15, 0.2) is 0 Å². The van der Waals surface area contributed by atoms with Crippen molar-refractivity contribution in [2.45, 2.75) is 65.2 Å². The van der Waals surface area contributed by atoms with E-state index >= 15 is 0 Å². The van der Waals surface area contributed by atoms with Crippen LogP contribution in [0.5, 0.6) is 0 Å². The molecule has 1 fully saturated rings. The SMILES string of the molecule is CCC(C(CC(C)C)C(=O)O)N(C=O)OC1CCCCO1. The quantitative estimate of drug-likeness (QED) is 0.523. The number of carbonyl (C=O) groups excluding carboxylic acids is 1. The van der Waals surface area contributed by atoms with Crippen LogP contribution in [-0.2, 0) is 19.2 Å². The molecule has 0 saturated carbocycles. The van der Waals surface area contributed by atoms with Crippen molar-refractivity contribution in [1.29, 1.82) is 0 Å². The Hall–Kier alpha value is -1.14. The molecular weight excluding hydrogens is 274 g/mol. The lowest BCUT2D eigenvalue weighted by atomic mass is 9.89. The predicted molar refractivity (Wildman–Crippen MR) is 77.2 cm³/mol. The molecule has 3 unspecified atom stereocenters. The Morgan fingerprint density at radius 3 is 2.62 bits per heavy atom. The van der Waals surface area contributed by atoms with Crippen molar-refractivity contribution in [3.05, 3.63) is 0 Å². The number of carbonyl (C=O) groups is 2. The van der Waals surface area contributed by atoms with E-state index in [1.165, 1.54) is 0 Å². The van der Waals surface area contributed by atoms with Crippen molar-refractivity contribution in [2.24, 2.45) is 11.8 Å². The van der Waals surface area contributed by atoms with Gasteiger partial charge < -0.3 is 9.84 Å². The van der Waals surface area contributed by atoms with E-state index < -0.39 is 24.2 Å². The van der Waals surface area contributed by atoms with E-state index in [1.807, 2.05) is 20.8 Å². The van der Waals surface area contributed by atoms with Gasteiger partial charge in [0.15, 0.2) is 6.29 Å². The van der Waals surface area contributed by atoms with Crippen LogP contribution >= 0.6 is 0 Å². The summed E-state index contributed by atoms with van der Waals surface area (Å²) in [5.41, 5.74) is 0. The fourth-order valence-electron chi connectivity index (χ4n) is 2.68. The Bertz CT molecular complexity index is 328. The lowest BCUT2D eigenvalue weighted by Crippen LogP contribution is -2.45. The van der Waals surface area contributed by atoms with Crippen LogP contribution in [-0.4, -0.2) is 41.5 Å². The molecule has 0 radical (unpaired) electrons. The normalized spacial score (nSPS) is 21.8. The second kappa shape index (κ2) is 9.00. The average molecular weight is 301 g/mol. The Kier molecular flexibility index (Phi) is 7.67. The molecule has 6 heteroatoms. The minimum Gasteiger partial charge on any atom is -0.481 e. The molecule has 1 N–H and O–H groups in total. The number of carboxylic acids is 1. The maximum absolute atomic E-state index is 11.5. The molecule has 1 rings (SSSR count). The van der Waals surface area contributed by atoms with E-state index in [0.29, 0.717) is 25.9 Å².